The number of aliphatic imine (C=N–C) groups is 1. The molecule has 132 valence electrons. The predicted molar refractivity (Wildman–Crippen MR) is 104 cm³/mol. The van der Waals surface area contributed by atoms with E-state index in [0.717, 1.165) is 29.8 Å². The number of ether oxygens (including phenoxy) is 2. The minimum absolute atomic E-state index is 0.636. The molecule has 25 heavy (non-hydrogen) atoms. The Kier molecular flexibility index (Phi) is 5.86. The first-order chi connectivity index (χ1) is 12.2. The summed E-state index contributed by atoms with van der Waals surface area (Å²) in [5, 5.41) is 0. The van der Waals surface area contributed by atoms with Crippen molar-refractivity contribution in [2.24, 2.45) is 4.99 Å². The lowest BCUT2D eigenvalue weighted by atomic mass is 9.93. The molecule has 5 nitrogen and oxygen atoms in total. The number of rotatable bonds is 6. The Morgan fingerprint density at radius 3 is 2.32 bits per heavy atom. The molecule has 0 N–H and O–H groups in total. The van der Waals surface area contributed by atoms with Crippen molar-refractivity contribution in [3.63, 3.8) is 0 Å². The molecule has 3 rings (SSSR count). The molecular formula is C18H17Br2NO4. The second kappa shape index (κ2) is 8.10. The summed E-state index contributed by atoms with van der Waals surface area (Å²) < 4.78 is 21.1. The topological polar surface area (TPSA) is 49.3 Å². The smallest absolute Gasteiger partial charge is 0.179 e. The third-order valence-corrected chi connectivity index (χ3v) is 4.85. The molecule has 2 aromatic rings. The zero-order chi connectivity index (χ0) is 17.8. The van der Waals surface area contributed by atoms with Gasteiger partial charge in [-0.3, -0.25) is 4.99 Å². The Balaban J connectivity index is 1.94. The van der Waals surface area contributed by atoms with E-state index in [1.165, 1.54) is 5.56 Å². The molecule has 1 heterocycles. The van der Waals surface area contributed by atoms with Crippen LogP contribution in [0.5, 0.6) is 23.0 Å². The number of nitrogens with zero attached hydrogens (tertiary/aromatic N) is 1. The second-order valence-corrected chi connectivity index (χ2v) is 6.20. The van der Waals surface area contributed by atoms with Crippen molar-refractivity contribution in [3.8, 4) is 23.0 Å². The fourth-order valence-electron chi connectivity index (χ4n) is 2.92. The minimum atomic E-state index is 0.636. The molecule has 0 unspecified atom stereocenters. The van der Waals surface area contributed by atoms with E-state index in [-0.39, 0.29) is 0 Å². The average Bonchev–Trinajstić information content (AvgIpc) is 2.66. The first-order valence-electron chi connectivity index (χ1n) is 7.68. The summed E-state index contributed by atoms with van der Waals surface area (Å²) in [5.41, 5.74) is 4.40. The van der Waals surface area contributed by atoms with Crippen molar-refractivity contribution in [2.75, 3.05) is 20.8 Å². The molecule has 1 aliphatic heterocycles. The Hall–Kier alpha value is -1.73. The average molecular weight is 471 g/mol. The van der Waals surface area contributed by atoms with Crippen LogP contribution in [0.25, 0.3) is 0 Å². The van der Waals surface area contributed by atoms with Gasteiger partial charge in [-0.25, -0.2) is 0 Å². The maximum absolute atomic E-state index is 5.38. The van der Waals surface area contributed by atoms with Gasteiger partial charge in [0.2, 0.25) is 0 Å². The highest BCUT2D eigenvalue weighted by atomic mass is 79.9. The lowest BCUT2D eigenvalue weighted by Gasteiger charge is -2.19. The zero-order valence-electron chi connectivity index (χ0n) is 13.8. The van der Waals surface area contributed by atoms with Gasteiger partial charge in [-0.2, -0.15) is 0 Å². The van der Waals surface area contributed by atoms with Crippen LogP contribution in [-0.2, 0) is 12.8 Å². The standard InChI is InChI=1S/C18H17Br2NO4/c1-22-16-8-11(3-4-15(16)24-19)7-14-13-10-18(25-20)17(23-2)9-12(13)5-6-21-14/h3-4,8-10H,5-7H2,1-2H3. The number of hydrogen-bond acceptors (Lipinski definition) is 5. The fraction of sp³-hybridized carbons (Fsp3) is 0.278. The largest absolute Gasteiger partial charge is 0.493 e. The number of halogens is 2. The van der Waals surface area contributed by atoms with Gasteiger partial charge in [-0.05, 0) is 41.8 Å². The maximum Gasteiger partial charge on any atom is 0.179 e. The highest BCUT2D eigenvalue weighted by Gasteiger charge is 2.19. The van der Waals surface area contributed by atoms with Crippen LogP contribution in [0.2, 0.25) is 0 Å². The molecule has 0 atom stereocenters. The third kappa shape index (κ3) is 3.77. The Labute approximate surface area is 163 Å². The lowest BCUT2D eigenvalue weighted by molar-refractivity contribution is 0.400. The molecule has 0 spiro atoms. The van der Waals surface area contributed by atoms with Gasteiger partial charge in [-0.1, -0.05) is 6.07 Å². The van der Waals surface area contributed by atoms with E-state index in [9.17, 15) is 0 Å². The van der Waals surface area contributed by atoms with Gasteiger partial charge in [0.25, 0.3) is 0 Å². The van der Waals surface area contributed by atoms with Gasteiger partial charge in [-0.15, -0.1) is 0 Å². The molecule has 0 bridgehead atoms. The lowest BCUT2D eigenvalue weighted by Crippen LogP contribution is -2.15. The molecular weight excluding hydrogens is 454 g/mol. The third-order valence-electron chi connectivity index (χ3n) is 4.15. The summed E-state index contributed by atoms with van der Waals surface area (Å²) >= 11 is 6.03. The van der Waals surface area contributed by atoms with Crippen molar-refractivity contribution in [2.45, 2.75) is 12.8 Å². The van der Waals surface area contributed by atoms with Crippen LogP contribution in [-0.4, -0.2) is 26.5 Å². The van der Waals surface area contributed by atoms with Crippen molar-refractivity contribution in [1.82, 2.24) is 0 Å². The van der Waals surface area contributed by atoms with Gasteiger partial charge in [0.15, 0.2) is 55.5 Å². The van der Waals surface area contributed by atoms with Gasteiger partial charge in [0.05, 0.1) is 14.2 Å². The SMILES string of the molecule is COc1cc(CC2=NCCc3cc(OC)c(OBr)cc32)ccc1OBr. The first-order valence-corrected chi connectivity index (χ1v) is 8.98. The van der Waals surface area contributed by atoms with E-state index >= 15 is 0 Å². The van der Waals surface area contributed by atoms with Crippen LogP contribution in [0.3, 0.4) is 0 Å². The van der Waals surface area contributed by atoms with Crippen molar-refractivity contribution in [1.29, 1.82) is 0 Å². The molecule has 0 aliphatic carbocycles. The second-order valence-electron chi connectivity index (χ2n) is 5.55. The zero-order valence-corrected chi connectivity index (χ0v) is 17.0. The van der Waals surface area contributed by atoms with Crippen LogP contribution in [0.15, 0.2) is 35.3 Å². The van der Waals surface area contributed by atoms with Crippen LogP contribution >= 0.6 is 32.5 Å². The summed E-state index contributed by atoms with van der Waals surface area (Å²) in [5.74, 6) is 2.65. The van der Waals surface area contributed by atoms with E-state index in [2.05, 4.69) is 32.5 Å². The van der Waals surface area contributed by atoms with Gasteiger partial charge in [0, 0.05) is 24.2 Å². The predicted octanol–water partition coefficient (Wildman–Crippen LogP) is 4.67. The monoisotopic (exact) mass is 469 g/mol. The van der Waals surface area contributed by atoms with E-state index in [0.29, 0.717) is 29.4 Å². The molecule has 0 saturated carbocycles. The number of fused-ring (bicyclic) bond motifs is 1. The molecule has 2 aromatic carbocycles. The number of methoxy groups -OCH3 is 2. The van der Waals surface area contributed by atoms with Crippen molar-refractivity contribution < 1.29 is 17.1 Å². The summed E-state index contributed by atoms with van der Waals surface area (Å²) in [6.07, 6.45) is 1.58. The van der Waals surface area contributed by atoms with Gasteiger partial charge in [0.1, 0.15) is 0 Å². The Bertz CT molecular complexity index is 808. The molecule has 0 fully saturated rings. The molecule has 1 aliphatic rings. The summed E-state index contributed by atoms with van der Waals surface area (Å²) in [6, 6.07) is 9.81. The van der Waals surface area contributed by atoms with Gasteiger partial charge >= 0.3 is 0 Å². The Morgan fingerprint density at radius 2 is 1.64 bits per heavy atom. The van der Waals surface area contributed by atoms with E-state index in [1.54, 1.807) is 14.2 Å². The van der Waals surface area contributed by atoms with Crippen molar-refractivity contribution in [3.05, 3.63) is 47.0 Å². The highest BCUT2D eigenvalue weighted by Crippen LogP contribution is 2.35. The quantitative estimate of drug-likeness (QED) is 0.615. The van der Waals surface area contributed by atoms with Crippen LogP contribution in [0.1, 0.15) is 16.7 Å². The fourth-order valence-corrected chi connectivity index (χ4v) is 3.44. The van der Waals surface area contributed by atoms with Crippen molar-refractivity contribution >= 4 is 38.2 Å². The molecule has 0 radical (unpaired) electrons. The van der Waals surface area contributed by atoms with E-state index in [1.807, 2.05) is 30.3 Å². The van der Waals surface area contributed by atoms with Gasteiger partial charge < -0.3 is 17.1 Å². The van der Waals surface area contributed by atoms with Crippen LogP contribution in [0, 0.1) is 0 Å². The minimum Gasteiger partial charge on any atom is -0.493 e. The molecule has 0 saturated heterocycles. The maximum atomic E-state index is 5.38. The van der Waals surface area contributed by atoms with E-state index in [4.69, 9.17) is 22.1 Å². The molecule has 0 aromatic heterocycles. The van der Waals surface area contributed by atoms with E-state index < -0.39 is 0 Å². The Morgan fingerprint density at radius 1 is 0.920 bits per heavy atom. The summed E-state index contributed by atoms with van der Waals surface area (Å²) in [7, 11) is 3.25. The number of benzene rings is 2. The molecule has 0 amide bonds. The van der Waals surface area contributed by atoms with Crippen LogP contribution < -0.4 is 17.1 Å². The summed E-state index contributed by atoms with van der Waals surface area (Å²) in [6.45, 7) is 0.764. The number of hydrogen-bond donors (Lipinski definition) is 0. The van der Waals surface area contributed by atoms with Crippen LogP contribution in [0.4, 0.5) is 0 Å². The summed E-state index contributed by atoms with van der Waals surface area (Å²) in [4.78, 5) is 4.72. The normalized spacial score (nSPS) is 12.9. The molecule has 7 heteroatoms. The first kappa shape index (κ1) is 18.1. The highest BCUT2D eigenvalue weighted by molar-refractivity contribution is 9.06.